The van der Waals surface area contributed by atoms with Crippen LogP contribution in [0.3, 0.4) is 0 Å². The van der Waals surface area contributed by atoms with Crippen LogP contribution in [0, 0.1) is 0 Å². The van der Waals surface area contributed by atoms with Crippen molar-refractivity contribution in [3.05, 3.63) is 72.3 Å². The number of aromatic nitrogens is 4. The summed E-state index contributed by atoms with van der Waals surface area (Å²) < 4.78 is 18.8. The summed E-state index contributed by atoms with van der Waals surface area (Å²) in [7, 11) is 0. The molecule has 0 bridgehead atoms. The molecule has 0 spiro atoms. The smallest absolute Gasteiger partial charge is 0.231 e. The van der Waals surface area contributed by atoms with Crippen molar-refractivity contribution in [3.8, 4) is 22.6 Å². The van der Waals surface area contributed by atoms with E-state index in [-0.39, 0.29) is 6.10 Å². The first-order valence-corrected chi connectivity index (χ1v) is 10.3. The first kappa shape index (κ1) is 18.3. The van der Waals surface area contributed by atoms with Gasteiger partial charge in [-0.1, -0.05) is 17.3 Å². The standard InChI is InChI=1S/C23H21N5O3/c1-4-20-21(31-15-30-20)11-16(1)12-27-9-10-29-22(14-27)23-19-3-2-18(13-28(19)26-25-23)17-5-7-24-8-6-17/h1-8,11,13,22H,9-10,12,14-15H2. The lowest BCUT2D eigenvalue weighted by Gasteiger charge is -2.32. The van der Waals surface area contributed by atoms with Crippen molar-refractivity contribution in [2.75, 3.05) is 26.5 Å². The second-order valence-corrected chi connectivity index (χ2v) is 7.74. The molecule has 1 fully saturated rings. The predicted octanol–water partition coefficient (Wildman–Crippen LogP) is 3.09. The molecule has 0 radical (unpaired) electrons. The number of morpholine rings is 1. The molecular weight excluding hydrogens is 394 g/mol. The van der Waals surface area contributed by atoms with Gasteiger partial charge in [-0.15, -0.1) is 5.10 Å². The molecule has 5 heterocycles. The molecule has 8 heteroatoms. The zero-order chi connectivity index (χ0) is 20.6. The molecule has 6 rings (SSSR count). The molecule has 4 aromatic rings. The fraction of sp³-hybridized carbons (Fsp3) is 0.261. The van der Waals surface area contributed by atoms with Crippen LogP contribution in [-0.2, 0) is 11.3 Å². The van der Waals surface area contributed by atoms with Gasteiger partial charge in [-0.25, -0.2) is 4.52 Å². The monoisotopic (exact) mass is 415 g/mol. The highest BCUT2D eigenvalue weighted by atomic mass is 16.7. The van der Waals surface area contributed by atoms with Crippen molar-refractivity contribution in [2.45, 2.75) is 12.6 Å². The van der Waals surface area contributed by atoms with E-state index in [0.717, 1.165) is 53.5 Å². The van der Waals surface area contributed by atoms with Crippen LogP contribution in [0.15, 0.2) is 61.1 Å². The van der Waals surface area contributed by atoms with Gasteiger partial charge < -0.3 is 14.2 Å². The SMILES string of the molecule is c1cc(-c2ccc3c(C4CN(Cc5ccc6c(c5)OCO6)CCO4)nnn3c2)ccn1. The molecule has 8 nitrogen and oxygen atoms in total. The molecule has 0 amide bonds. The topological polar surface area (TPSA) is 74.0 Å². The predicted molar refractivity (Wildman–Crippen MR) is 113 cm³/mol. The second-order valence-electron chi connectivity index (χ2n) is 7.74. The van der Waals surface area contributed by atoms with Crippen molar-refractivity contribution >= 4 is 5.52 Å². The highest BCUT2D eigenvalue weighted by molar-refractivity contribution is 5.65. The molecule has 31 heavy (non-hydrogen) atoms. The van der Waals surface area contributed by atoms with Crippen molar-refractivity contribution in [3.63, 3.8) is 0 Å². The van der Waals surface area contributed by atoms with Gasteiger partial charge in [0.25, 0.3) is 0 Å². The number of pyridine rings is 2. The van der Waals surface area contributed by atoms with Gasteiger partial charge in [0.2, 0.25) is 6.79 Å². The van der Waals surface area contributed by atoms with E-state index in [2.05, 4.69) is 44.5 Å². The lowest BCUT2D eigenvalue weighted by Crippen LogP contribution is -2.38. The fourth-order valence-electron chi connectivity index (χ4n) is 4.17. The minimum Gasteiger partial charge on any atom is -0.454 e. The molecule has 0 aliphatic carbocycles. The summed E-state index contributed by atoms with van der Waals surface area (Å²) in [5.74, 6) is 1.63. The van der Waals surface area contributed by atoms with E-state index in [1.807, 2.05) is 28.9 Å². The van der Waals surface area contributed by atoms with E-state index in [9.17, 15) is 0 Å². The average molecular weight is 415 g/mol. The first-order chi connectivity index (χ1) is 15.3. The first-order valence-electron chi connectivity index (χ1n) is 10.3. The second kappa shape index (κ2) is 7.64. The summed E-state index contributed by atoms with van der Waals surface area (Å²) in [4.78, 5) is 6.46. The van der Waals surface area contributed by atoms with Gasteiger partial charge in [0.05, 0.1) is 12.1 Å². The van der Waals surface area contributed by atoms with Crippen molar-refractivity contribution in [1.29, 1.82) is 0 Å². The molecule has 3 aromatic heterocycles. The Morgan fingerprint density at radius 2 is 1.87 bits per heavy atom. The molecule has 1 aromatic carbocycles. The van der Waals surface area contributed by atoms with Crippen molar-refractivity contribution in [1.82, 2.24) is 24.7 Å². The molecule has 2 aliphatic rings. The van der Waals surface area contributed by atoms with Crippen molar-refractivity contribution < 1.29 is 14.2 Å². The Morgan fingerprint density at radius 3 is 2.81 bits per heavy atom. The van der Waals surface area contributed by atoms with Crippen LogP contribution in [-0.4, -0.2) is 51.2 Å². The minimum absolute atomic E-state index is 0.118. The van der Waals surface area contributed by atoms with E-state index >= 15 is 0 Å². The molecule has 1 atom stereocenters. The Balaban J connectivity index is 1.21. The third-order valence-electron chi connectivity index (χ3n) is 5.75. The Morgan fingerprint density at radius 1 is 0.968 bits per heavy atom. The van der Waals surface area contributed by atoms with E-state index < -0.39 is 0 Å². The summed E-state index contributed by atoms with van der Waals surface area (Å²) in [6, 6.07) is 14.2. The largest absolute Gasteiger partial charge is 0.454 e. The van der Waals surface area contributed by atoms with E-state index in [0.29, 0.717) is 13.4 Å². The number of nitrogens with zero attached hydrogens (tertiary/aromatic N) is 5. The van der Waals surface area contributed by atoms with Crippen LogP contribution >= 0.6 is 0 Å². The van der Waals surface area contributed by atoms with Crippen LogP contribution in [0.4, 0.5) is 0 Å². The van der Waals surface area contributed by atoms with Crippen molar-refractivity contribution in [2.24, 2.45) is 0 Å². The summed E-state index contributed by atoms with van der Waals surface area (Å²) in [6.07, 6.45) is 5.45. The Labute approximate surface area is 179 Å². The summed E-state index contributed by atoms with van der Waals surface area (Å²) >= 11 is 0. The van der Waals surface area contributed by atoms with E-state index in [1.54, 1.807) is 12.4 Å². The third-order valence-corrected chi connectivity index (χ3v) is 5.75. The molecule has 0 saturated carbocycles. The maximum absolute atomic E-state index is 6.08. The molecule has 156 valence electrons. The van der Waals surface area contributed by atoms with Gasteiger partial charge in [-0.2, -0.15) is 0 Å². The molecule has 1 saturated heterocycles. The van der Waals surface area contributed by atoms with Gasteiger partial charge >= 0.3 is 0 Å². The maximum atomic E-state index is 6.08. The average Bonchev–Trinajstić information content (AvgIpc) is 3.46. The summed E-state index contributed by atoms with van der Waals surface area (Å²) in [5, 5.41) is 8.81. The highest BCUT2D eigenvalue weighted by Crippen LogP contribution is 2.33. The quantitative estimate of drug-likeness (QED) is 0.507. The number of hydrogen-bond donors (Lipinski definition) is 0. The number of ether oxygens (including phenoxy) is 3. The van der Waals surface area contributed by atoms with Crippen LogP contribution in [0.5, 0.6) is 11.5 Å². The lowest BCUT2D eigenvalue weighted by atomic mass is 10.1. The normalized spacial score (nSPS) is 18.5. The lowest BCUT2D eigenvalue weighted by molar-refractivity contribution is -0.0343. The molecule has 2 aliphatic heterocycles. The van der Waals surface area contributed by atoms with Crippen LogP contribution in [0.2, 0.25) is 0 Å². The van der Waals surface area contributed by atoms with Gasteiger partial charge in [-0.05, 0) is 41.5 Å². The summed E-state index contributed by atoms with van der Waals surface area (Å²) in [5.41, 5.74) is 5.20. The number of fused-ring (bicyclic) bond motifs is 2. The Hall–Kier alpha value is -3.49. The molecule has 0 N–H and O–H groups in total. The minimum atomic E-state index is -0.118. The Kier molecular flexibility index (Phi) is 4.51. The summed E-state index contributed by atoms with van der Waals surface area (Å²) in [6.45, 7) is 3.40. The molecule has 1 unspecified atom stereocenters. The fourth-order valence-corrected chi connectivity index (χ4v) is 4.17. The maximum Gasteiger partial charge on any atom is 0.231 e. The Bertz CT molecular complexity index is 1230. The molecular formula is C23H21N5O3. The number of benzene rings is 1. The van der Waals surface area contributed by atoms with E-state index in [4.69, 9.17) is 14.2 Å². The van der Waals surface area contributed by atoms with Crippen LogP contribution in [0.25, 0.3) is 16.6 Å². The number of rotatable bonds is 4. The zero-order valence-corrected chi connectivity index (χ0v) is 16.8. The van der Waals surface area contributed by atoms with Gasteiger partial charge in [-0.3, -0.25) is 9.88 Å². The van der Waals surface area contributed by atoms with E-state index in [1.165, 1.54) is 5.56 Å². The number of hydrogen-bond acceptors (Lipinski definition) is 7. The van der Waals surface area contributed by atoms with Crippen LogP contribution in [0.1, 0.15) is 17.4 Å². The van der Waals surface area contributed by atoms with Gasteiger partial charge in [0, 0.05) is 43.8 Å². The zero-order valence-electron chi connectivity index (χ0n) is 16.8. The third kappa shape index (κ3) is 3.49. The highest BCUT2D eigenvalue weighted by Gasteiger charge is 2.26. The van der Waals surface area contributed by atoms with Gasteiger partial charge in [0.1, 0.15) is 11.8 Å². The van der Waals surface area contributed by atoms with Crippen LogP contribution < -0.4 is 9.47 Å². The van der Waals surface area contributed by atoms with Gasteiger partial charge in [0.15, 0.2) is 11.5 Å².